The summed E-state index contributed by atoms with van der Waals surface area (Å²) >= 11 is 0. The highest BCUT2D eigenvalue weighted by molar-refractivity contribution is 5.94. The van der Waals surface area contributed by atoms with Crippen molar-refractivity contribution in [3.63, 3.8) is 0 Å². The Bertz CT molecular complexity index is 771. The Morgan fingerprint density at radius 2 is 1.60 bits per heavy atom. The molecule has 1 aromatic carbocycles. The quantitative estimate of drug-likeness (QED) is 0.748. The Morgan fingerprint density at radius 3 is 2.23 bits per heavy atom. The molecule has 3 fully saturated rings. The van der Waals surface area contributed by atoms with Crippen molar-refractivity contribution in [2.24, 2.45) is 5.92 Å². The fourth-order valence-corrected chi connectivity index (χ4v) is 4.94. The van der Waals surface area contributed by atoms with Crippen molar-refractivity contribution in [1.82, 2.24) is 14.7 Å². The summed E-state index contributed by atoms with van der Waals surface area (Å²) in [5.74, 6) is -1.44. The average Bonchev–Trinajstić information content (AvgIpc) is 3.29. The molecule has 0 spiro atoms. The molecule has 2 aliphatic heterocycles. The molecule has 0 radical (unpaired) electrons. The Balaban J connectivity index is 1.43. The van der Waals surface area contributed by atoms with Crippen LogP contribution in [0.1, 0.15) is 36.0 Å². The average molecular weight is 421 g/mol. The number of ether oxygens (including phenoxy) is 1. The first kappa shape index (κ1) is 21.2. The predicted molar refractivity (Wildman–Crippen MR) is 107 cm³/mol. The van der Waals surface area contributed by atoms with Gasteiger partial charge in [0, 0.05) is 45.3 Å². The Morgan fingerprint density at radius 1 is 0.933 bits per heavy atom. The van der Waals surface area contributed by atoms with Gasteiger partial charge in [0.1, 0.15) is 11.6 Å². The molecule has 1 aromatic rings. The van der Waals surface area contributed by atoms with E-state index in [2.05, 4.69) is 4.90 Å². The highest BCUT2D eigenvalue weighted by Crippen LogP contribution is 2.32. The summed E-state index contributed by atoms with van der Waals surface area (Å²) in [5, 5.41) is 0. The van der Waals surface area contributed by atoms with Gasteiger partial charge in [-0.25, -0.2) is 8.78 Å². The van der Waals surface area contributed by atoms with Crippen LogP contribution in [0.4, 0.5) is 8.78 Å². The van der Waals surface area contributed by atoms with Gasteiger partial charge in [-0.15, -0.1) is 0 Å². The van der Waals surface area contributed by atoms with E-state index in [1.165, 1.54) is 6.07 Å². The fraction of sp³-hybridized carbons (Fsp3) is 0.636. The minimum Gasteiger partial charge on any atom is -0.378 e. The topological polar surface area (TPSA) is 53.1 Å². The van der Waals surface area contributed by atoms with E-state index in [-0.39, 0.29) is 17.5 Å². The van der Waals surface area contributed by atoms with Crippen LogP contribution in [0.15, 0.2) is 18.2 Å². The summed E-state index contributed by atoms with van der Waals surface area (Å²) in [6.45, 7) is 4.42. The molecule has 1 saturated carbocycles. The zero-order valence-electron chi connectivity index (χ0n) is 17.2. The molecule has 0 bridgehead atoms. The molecular formula is C22H29F2N3O3. The van der Waals surface area contributed by atoms with E-state index >= 15 is 0 Å². The maximum Gasteiger partial charge on any atom is 0.256 e. The van der Waals surface area contributed by atoms with E-state index in [1.807, 2.05) is 4.90 Å². The van der Waals surface area contributed by atoms with E-state index in [9.17, 15) is 18.4 Å². The summed E-state index contributed by atoms with van der Waals surface area (Å²) < 4.78 is 32.6. The summed E-state index contributed by atoms with van der Waals surface area (Å²) in [5.41, 5.74) is -0.110. The molecule has 4 rings (SSSR count). The number of carbonyl (C=O) groups excluding carboxylic acids is 2. The monoisotopic (exact) mass is 421 g/mol. The minimum atomic E-state index is -0.839. The maximum atomic E-state index is 14.0. The van der Waals surface area contributed by atoms with Crippen LogP contribution in [-0.4, -0.2) is 85.0 Å². The number of nitrogens with zero attached hydrogens (tertiary/aromatic N) is 3. The normalized spacial score (nSPS) is 22.3. The predicted octanol–water partition coefficient (Wildman–Crippen LogP) is 2.14. The minimum absolute atomic E-state index is 0.110. The van der Waals surface area contributed by atoms with Gasteiger partial charge in [-0.2, -0.15) is 0 Å². The van der Waals surface area contributed by atoms with Gasteiger partial charge in [-0.05, 0) is 30.9 Å². The molecule has 1 unspecified atom stereocenters. The Hall–Kier alpha value is -2.06. The van der Waals surface area contributed by atoms with Crippen molar-refractivity contribution in [3.8, 4) is 0 Å². The van der Waals surface area contributed by atoms with Crippen LogP contribution in [0.5, 0.6) is 0 Å². The molecule has 164 valence electrons. The van der Waals surface area contributed by atoms with Crippen LogP contribution >= 0.6 is 0 Å². The number of hydrogen-bond donors (Lipinski definition) is 0. The first-order valence-electron chi connectivity index (χ1n) is 10.9. The van der Waals surface area contributed by atoms with Crippen LogP contribution in [0, 0.1) is 17.6 Å². The van der Waals surface area contributed by atoms with Gasteiger partial charge < -0.3 is 14.5 Å². The standard InChI is InChI=1S/C22H29F2N3O3/c23-17-5-6-18(19(24)15-17)21(28)26-9-7-25(8-10-26)20(16-3-1-2-4-16)22(29)27-11-13-30-14-12-27/h5-6,15-16,20H,1-4,7-14H2. The smallest absolute Gasteiger partial charge is 0.256 e. The molecule has 30 heavy (non-hydrogen) atoms. The van der Waals surface area contributed by atoms with Gasteiger partial charge >= 0.3 is 0 Å². The van der Waals surface area contributed by atoms with E-state index in [1.54, 1.807) is 4.90 Å². The molecule has 3 aliphatic rings. The Kier molecular flexibility index (Phi) is 6.63. The van der Waals surface area contributed by atoms with Crippen LogP contribution in [0.2, 0.25) is 0 Å². The molecule has 1 atom stereocenters. The molecule has 6 nitrogen and oxygen atoms in total. The molecule has 2 heterocycles. The zero-order chi connectivity index (χ0) is 21.1. The van der Waals surface area contributed by atoms with Gasteiger partial charge in [-0.3, -0.25) is 14.5 Å². The molecular weight excluding hydrogens is 392 g/mol. The number of amides is 2. The number of piperazine rings is 1. The largest absolute Gasteiger partial charge is 0.378 e. The molecule has 8 heteroatoms. The number of carbonyl (C=O) groups is 2. The van der Waals surface area contributed by atoms with Crippen LogP contribution in [0.3, 0.4) is 0 Å². The number of benzene rings is 1. The molecule has 0 aromatic heterocycles. The summed E-state index contributed by atoms with van der Waals surface area (Å²) in [6, 6.07) is 2.87. The first-order valence-corrected chi connectivity index (χ1v) is 10.9. The lowest BCUT2D eigenvalue weighted by Crippen LogP contribution is -2.59. The fourth-order valence-electron chi connectivity index (χ4n) is 4.94. The van der Waals surface area contributed by atoms with E-state index in [4.69, 9.17) is 4.74 Å². The molecule has 1 aliphatic carbocycles. The highest BCUT2D eigenvalue weighted by Gasteiger charge is 2.39. The Labute approximate surface area is 175 Å². The zero-order valence-corrected chi connectivity index (χ0v) is 17.2. The van der Waals surface area contributed by atoms with Gasteiger partial charge in [0.25, 0.3) is 5.91 Å². The number of hydrogen-bond acceptors (Lipinski definition) is 4. The van der Waals surface area contributed by atoms with Crippen molar-refractivity contribution >= 4 is 11.8 Å². The van der Waals surface area contributed by atoms with E-state index in [0.29, 0.717) is 58.4 Å². The molecule has 0 N–H and O–H groups in total. The van der Waals surface area contributed by atoms with Crippen LogP contribution in [-0.2, 0) is 9.53 Å². The lowest BCUT2D eigenvalue weighted by atomic mass is 9.94. The number of morpholine rings is 1. The van der Waals surface area contributed by atoms with Gasteiger partial charge in [0.05, 0.1) is 24.8 Å². The molecule has 2 saturated heterocycles. The van der Waals surface area contributed by atoms with Crippen molar-refractivity contribution in [2.75, 3.05) is 52.5 Å². The lowest BCUT2D eigenvalue weighted by molar-refractivity contribution is -0.144. The van der Waals surface area contributed by atoms with E-state index < -0.39 is 17.5 Å². The van der Waals surface area contributed by atoms with E-state index in [0.717, 1.165) is 37.8 Å². The molecule has 2 amide bonds. The van der Waals surface area contributed by atoms with Crippen LogP contribution < -0.4 is 0 Å². The number of rotatable bonds is 4. The first-order chi connectivity index (χ1) is 14.5. The van der Waals surface area contributed by atoms with Crippen LogP contribution in [0.25, 0.3) is 0 Å². The van der Waals surface area contributed by atoms with Crippen molar-refractivity contribution in [3.05, 3.63) is 35.4 Å². The third kappa shape index (κ3) is 4.49. The third-order valence-corrected chi connectivity index (χ3v) is 6.58. The van der Waals surface area contributed by atoms with Gasteiger partial charge in [0.2, 0.25) is 5.91 Å². The van der Waals surface area contributed by atoms with Crippen molar-refractivity contribution in [2.45, 2.75) is 31.7 Å². The van der Waals surface area contributed by atoms with Crippen molar-refractivity contribution < 1.29 is 23.1 Å². The van der Waals surface area contributed by atoms with Gasteiger partial charge in [-0.1, -0.05) is 12.8 Å². The highest BCUT2D eigenvalue weighted by atomic mass is 19.1. The number of halogens is 2. The van der Waals surface area contributed by atoms with Gasteiger partial charge in [0.15, 0.2) is 0 Å². The second-order valence-corrected chi connectivity index (χ2v) is 8.38. The third-order valence-electron chi connectivity index (χ3n) is 6.58. The van der Waals surface area contributed by atoms with Crippen molar-refractivity contribution in [1.29, 1.82) is 0 Å². The maximum absolute atomic E-state index is 14.0. The summed E-state index contributed by atoms with van der Waals surface area (Å²) in [7, 11) is 0. The SMILES string of the molecule is O=C(c1ccc(F)cc1F)N1CCN(C(C(=O)N2CCOCC2)C2CCCC2)CC1. The summed E-state index contributed by atoms with van der Waals surface area (Å²) in [4.78, 5) is 31.8. The lowest BCUT2D eigenvalue weighted by Gasteiger charge is -2.43. The summed E-state index contributed by atoms with van der Waals surface area (Å²) in [6.07, 6.45) is 4.42. The second kappa shape index (κ2) is 9.39. The second-order valence-electron chi connectivity index (χ2n) is 8.38.